The van der Waals surface area contributed by atoms with Gasteiger partial charge < -0.3 is 63.8 Å². The third kappa shape index (κ3) is 25.5. The Hall–Kier alpha value is -7.01. The summed E-state index contributed by atoms with van der Waals surface area (Å²) in [6, 6.07) is 35.4. The summed E-state index contributed by atoms with van der Waals surface area (Å²) >= 11 is 28.5. The van der Waals surface area contributed by atoms with Crippen molar-refractivity contribution in [3.63, 3.8) is 0 Å². The zero-order valence-corrected chi connectivity index (χ0v) is 57.1. The summed E-state index contributed by atoms with van der Waals surface area (Å²) in [6.07, 6.45) is 9.55. The monoisotopic (exact) mass is 1410 g/mol. The van der Waals surface area contributed by atoms with Crippen LogP contribution in [0.15, 0.2) is 156 Å². The molecule has 0 spiro atoms. The smallest absolute Gasteiger partial charge is 0.336 e. The number of esters is 1. The van der Waals surface area contributed by atoms with Crippen LogP contribution in [0.5, 0.6) is 23.0 Å². The molecule has 0 unspecified atom stereocenters. The number of amides is 2. The molecule has 0 saturated carbocycles. The molecule has 0 bridgehead atoms. The van der Waals surface area contributed by atoms with Crippen LogP contribution >= 0.6 is 58.0 Å². The molecule has 24 heteroatoms. The van der Waals surface area contributed by atoms with Gasteiger partial charge in [0.2, 0.25) is 11.8 Å². The average Bonchev–Trinajstić information content (AvgIpc) is 1.34. The Labute approximate surface area is 580 Å². The zero-order valence-electron chi connectivity index (χ0n) is 53.3. The van der Waals surface area contributed by atoms with Gasteiger partial charge in [-0.3, -0.25) is 9.59 Å². The predicted octanol–water partition coefficient (Wildman–Crippen LogP) is 13.1. The summed E-state index contributed by atoms with van der Waals surface area (Å²) in [5.41, 5.74) is 6.62. The number of hydrogen-bond donors (Lipinski definition) is 5. The number of benzene rings is 4. The number of carboxylic acid groups (broad SMARTS) is 1. The van der Waals surface area contributed by atoms with Crippen LogP contribution in [-0.4, -0.2) is 145 Å². The number of nitrogens with zero attached hydrogens (tertiary/aromatic N) is 4. The van der Waals surface area contributed by atoms with Crippen molar-refractivity contribution in [2.24, 2.45) is 0 Å². The van der Waals surface area contributed by atoms with Crippen molar-refractivity contribution in [1.29, 1.82) is 0 Å². The van der Waals surface area contributed by atoms with Crippen molar-refractivity contribution in [3.05, 3.63) is 200 Å². The highest BCUT2D eigenvalue weighted by Gasteiger charge is 2.40. The molecule has 6 heterocycles. The van der Waals surface area contributed by atoms with Gasteiger partial charge in [-0.2, -0.15) is 0 Å². The summed E-state index contributed by atoms with van der Waals surface area (Å²) in [5, 5.41) is 45.3. The first-order chi connectivity index (χ1) is 46.0. The molecule has 0 aliphatic carbocycles. The lowest BCUT2D eigenvalue weighted by molar-refractivity contribution is -0.142. The maximum absolute atomic E-state index is 13.4. The van der Waals surface area contributed by atoms with E-state index in [0.717, 1.165) is 90.0 Å². The molecule has 95 heavy (non-hydrogen) atoms. The SMILES string of the molecule is CC1=C(C(=O)O)[C@H](c2ccc(Cl)nc2)CC(=O)N1C[C@H]1CCCO1.CC1=C(C(=O)OCc2ccc(OCCCCl)cc2)[C@H](c2ccc(Cl)nc2)CC(=O)N1C[C@H]1CCCO1.OCc1ccc(O)cc1.OCc1ccc(OCCCCl)cc1.OCc1ccc(OCCCCl)cc1. The van der Waals surface area contributed by atoms with E-state index in [1.807, 2.05) is 72.8 Å². The third-order valence-corrected chi connectivity index (χ3v) is 16.7. The average molecular weight is 1410 g/mol. The van der Waals surface area contributed by atoms with E-state index in [2.05, 4.69) is 9.97 Å². The van der Waals surface area contributed by atoms with Gasteiger partial charge in [0.05, 0.1) is 76.1 Å². The van der Waals surface area contributed by atoms with E-state index in [-0.39, 0.29) is 74.6 Å². The lowest BCUT2D eigenvalue weighted by atomic mass is 9.84. The number of carbonyl (C=O) groups excluding carboxylic acids is 3. The summed E-state index contributed by atoms with van der Waals surface area (Å²) in [7, 11) is 0. The summed E-state index contributed by atoms with van der Waals surface area (Å²) in [5.74, 6) is 1.80. The molecular weight excluding hydrogens is 1330 g/mol. The first-order valence-corrected chi connectivity index (χ1v) is 33.7. The highest BCUT2D eigenvalue weighted by Crippen LogP contribution is 2.39. The maximum atomic E-state index is 13.4. The number of phenolic OH excluding ortho intramolecular Hbond substituents is 1. The largest absolute Gasteiger partial charge is 0.508 e. The third-order valence-electron chi connectivity index (χ3n) is 15.5. The van der Waals surface area contributed by atoms with Crippen molar-refractivity contribution in [2.75, 3.05) is 63.8 Å². The van der Waals surface area contributed by atoms with E-state index in [1.54, 1.807) is 78.4 Å². The number of halogens is 5. The molecule has 4 aliphatic rings. The number of aromatic nitrogens is 2. The Morgan fingerprint density at radius 3 is 1.24 bits per heavy atom. The Balaban J connectivity index is 0.000000207. The van der Waals surface area contributed by atoms with Crippen molar-refractivity contribution in [2.45, 2.75) is 122 Å². The van der Waals surface area contributed by atoms with Gasteiger partial charge in [0.15, 0.2) is 0 Å². The molecule has 19 nitrogen and oxygen atoms in total. The number of aliphatic hydroxyl groups excluding tert-OH is 3. The van der Waals surface area contributed by atoms with Gasteiger partial charge >= 0.3 is 11.9 Å². The molecule has 2 amide bonds. The molecule has 4 aromatic carbocycles. The lowest BCUT2D eigenvalue weighted by Crippen LogP contribution is -2.42. The van der Waals surface area contributed by atoms with Crippen molar-refractivity contribution in [1.82, 2.24) is 19.8 Å². The minimum atomic E-state index is -1.02. The van der Waals surface area contributed by atoms with E-state index < -0.39 is 23.8 Å². The molecule has 10 rings (SSSR count). The van der Waals surface area contributed by atoms with Crippen LogP contribution in [0.3, 0.4) is 0 Å². The number of rotatable bonds is 25. The minimum absolute atomic E-state index is 0.0207. The lowest BCUT2D eigenvalue weighted by Gasteiger charge is -2.35. The fraction of sp³-hybridized carbons (Fsp3) is 0.408. The van der Waals surface area contributed by atoms with Crippen LogP contribution < -0.4 is 14.2 Å². The fourth-order valence-electron chi connectivity index (χ4n) is 10.4. The van der Waals surface area contributed by atoms with E-state index in [0.29, 0.717) is 96.6 Å². The second-order valence-corrected chi connectivity index (χ2v) is 24.2. The fourth-order valence-corrected chi connectivity index (χ4v) is 10.9. The number of phenols is 1. The van der Waals surface area contributed by atoms with Crippen LogP contribution in [0.25, 0.3) is 0 Å². The number of aromatic hydroxyl groups is 1. The van der Waals surface area contributed by atoms with Crippen molar-refractivity contribution in [3.8, 4) is 23.0 Å². The van der Waals surface area contributed by atoms with Gasteiger partial charge in [0.1, 0.15) is 39.9 Å². The highest BCUT2D eigenvalue weighted by molar-refractivity contribution is 6.29. The molecule has 2 fully saturated rings. The van der Waals surface area contributed by atoms with Crippen LogP contribution in [0.4, 0.5) is 0 Å². The standard InChI is InChI=1S/C27H30Cl2N2O5.C17H19ClN2O4.2C10H13ClO2.C7H8O2/c1-18-26(27(33)36-17-19-5-8-21(9-6-19)34-13-3-11-28)23(20-7-10-24(29)30-15-20)14-25(32)31(18)16-22-4-2-12-35-22;1-10-16(17(22)23)13(11-4-5-14(18)19-8-11)7-15(21)20(10)9-12-3-2-6-24-12;2*11-6-1-7-13-10-4-2-9(8-12)3-5-10;8-5-6-1-3-7(9)4-2-6/h5-10,15,22-23H,2-4,11-14,16-17H2,1H3;4-5,8,12-13H,2-3,6-7,9H2,1H3,(H,22,23);2*2-5,12H,1,6-8H2;1-4,8-9H,5H2/t22-,23+;12-,13+;;;/m11.../s1. The Morgan fingerprint density at radius 1 is 0.537 bits per heavy atom. The quantitative estimate of drug-likeness (QED) is 0.0154. The van der Waals surface area contributed by atoms with Crippen molar-refractivity contribution < 1.29 is 73.1 Å². The number of aliphatic hydroxyl groups is 3. The number of aliphatic carboxylic acids is 1. The molecule has 6 aromatic rings. The van der Waals surface area contributed by atoms with Gasteiger partial charge in [0, 0.05) is 79.3 Å². The summed E-state index contributed by atoms with van der Waals surface area (Å²) in [4.78, 5) is 62.4. The van der Waals surface area contributed by atoms with Crippen molar-refractivity contribution >= 4 is 81.8 Å². The molecule has 4 aliphatic heterocycles. The number of carbonyl (C=O) groups is 4. The molecular formula is C71H83Cl5N4O15. The number of alkyl halides is 3. The maximum Gasteiger partial charge on any atom is 0.336 e. The highest BCUT2D eigenvalue weighted by atomic mass is 35.5. The first kappa shape index (κ1) is 77.0. The molecule has 5 N–H and O–H groups in total. The second-order valence-electron chi connectivity index (χ2n) is 22.2. The molecule has 0 radical (unpaired) electrons. The Morgan fingerprint density at radius 2 is 0.905 bits per heavy atom. The van der Waals surface area contributed by atoms with Gasteiger partial charge in [-0.25, -0.2) is 19.6 Å². The van der Waals surface area contributed by atoms with Crippen LogP contribution in [0, 0.1) is 0 Å². The Kier molecular flexibility index (Phi) is 33.9. The second kappa shape index (κ2) is 41.8. The molecule has 4 atom stereocenters. The van der Waals surface area contributed by atoms with E-state index in [1.165, 1.54) is 6.20 Å². The number of carboxylic acids is 1. The van der Waals surface area contributed by atoms with Gasteiger partial charge in [0.25, 0.3) is 0 Å². The zero-order chi connectivity index (χ0) is 68.5. The number of allylic oxidation sites excluding steroid dienone is 2. The summed E-state index contributed by atoms with van der Waals surface area (Å²) in [6.45, 7) is 7.81. The molecule has 512 valence electrons. The topological polar surface area (TPSA) is 257 Å². The van der Waals surface area contributed by atoms with Gasteiger partial charge in [-0.05, 0) is 153 Å². The predicted molar refractivity (Wildman–Crippen MR) is 365 cm³/mol. The van der Waals surface area contributed by atoms with Crippen LogP contribution in [0.1, 0.15) is 117 Å². The number of ether oxygens (including phenoxy) is 6. The minimum Gasteiger partial charge on any atom is -0.508 e. The molecule has 2 aromatic heterocycles. The van der Waals surface area contributed by atoms with Crippen LogP contribution in [-0.2, 0) is 59.8 Å². The first-order valence-electron chi connectivity index (χ1n) is 31.3. The van der Waals surface area contributed by atoms with Gasteiger partial charge in [-0.15, -0.1) is 34.8 Å². The normalized spacial score (nSPS) is 17.5. The van der Waals surface area contributed by atoms with E-state index >= 15 is 0 Å². The number of pyridine rings is 2. The van der Waals surface area contributed by atoms with Crippen LogP contribution in [0.2, 0.25) is 10.3 Å². The Bertz CT molecular complexity index is 3300. The molecule has 2 saturated heterocycles. The summed E-state index contributed by atoms with van der Waals surface area (Å²) < 4.78 is 33.4. The number of hydrogen-bond acceptors (Lipinski definition) is 16. The van der Waals surface area contributed by atoms with E-state index in [9.17, 15) is 24.3 Å². The van der Waals surface area contributed by atoms with E-state index in [4.69, 9.17) is 107 Å². The van der Waals surface area contributed by atoms with Gasteiger partial charge in [-0.1, -0.05) is 83.9 Å².